The lowest BCUT2D eigenvalue weighted by Gasteiger charge is -2.50. The maximum absolute atomic E-state index is 14.3. The zero-order chi connectivity index (χ0) is 31.3. The highest BCUT2D eigenvalue weighted by atomic mass is 79.9. The number of fused-ring (bicyclic) bond motifs is 4. The Hall–Kier alpha value is -3.24. The fourth-order valence-corrected chi connectivity index (χ4v) is 8.81. The molecule has 1 saturated carbocycles. The van der Waals surface area contributed by atoms with E-state index in [0.29, 0.717) is 16.8 Å². The number of halogens is 5. The van der Waals surface area contributed by atoms with E-state index in [1.807, 2.05) is 0 Å². The number of phenolic OH excluding ortho intramolecular Hbond substituents is 1. The van der Waals surface area contributed by atoms with E-state index in [4.69, 9.17) is 34.8 Å². The van der Waals surface area contributed by atoms with Gasteiger partial charge in [0.1, 0.15) is 11.6 Å². The maximum Gasteiger partial charge on any atom is 0.258 e. The minimum absolute atomic E-state index is 0.0727. The number of allylic oxidation sites excluding steroid dienone is 2. The van der Waals surface area contributed by atoms with E-state index in [-0.39, 0.29) is 35.2 Å². The van der Waals surface area contributed by atoms with Crippen LogP contribution in [0.15, 0.2) is 82.9 Å². The molecule has 7 rings (SSSR count). The largest absolute Gasteiger partial charge is 0.508 e. The van der Waals surface area contributed by atoms with Gasteiger partial charge in [0.25, 0.3) is 11.8 Å². The Balaban J connectivity index is 1.40. The molecule has 44 heavy (non-hydrogen) atoms. The molecule has 4 aliphatic rings. The number of aromatic hydroxyl groups is 1. The van der Waals surface area contributed by atoms with Crippen molar-refractivity contribution in [1.29, 1.82) is 0 Å². The van der Waals surface area contributed by atoms with Gasteiger partial charge in [-0.3, -0.25) is 24.1 Å². The van der Waals surface area contributed by atoms with Gasteiger partial charge in [0, 0.05) is 15.4 Å². The van der Waals surface area contributed by atoms with Gasteiger partial charge in [-0.1, -0.05) is 45.2 Å². The van der Waals surface area contributed by atoms with Crippen LogP contribution in [0.2, 0.25) is 5.02 Å². The van der Waals surface area contributed by atoms with Gasteiger partial charge in [-0.25, -0.2) is 9.29 Å². The third-order valence-corrected chi connectivity index (χ3v) is 11.5. The normalized spacial score (nSPS) is 31.2. The Labute approximate surface area is 274 Å². The van der Waals surface area contributed by atoms with Gasteiger partial charge in [-0.2, -0.15) is 0 Å². The molecule has 4 amide bonds. The molecule has 3 fully saturated rings. The van der Waals surface area contributed by atoms with Gasteiger partial charge in [0.15, 0.2) is 9.75 Å². The van der Waals surface area contributed by atoms with Crippen molar-refractivity contribution in [2.24, 2.45) is 17.8 Å². The van der Waals surface area contributed by atoms with Gasteiger partial charge in [0.05, 0.1) is 23.2 Å². The van der Waals surface area contributed by atoms with E-state index in [9.17, 15) is 28.7 Å². The molecule has 3 aromatic rings. The van der Waals surface area contributed by atoms with Crippen molar-refractivity contribution in [3.63, 3.8) is 0 Å². The molecule has 2 heterocycles. The van der Waals surface area contributed by atoms with Crippen LogP contribution in [0.25, 0.3) is 0 Å². The molecule has 0 radical (unpaired) electrons. The first kappa shape index (κ1) is 29.5. The van der Waals surface area contributed by atoms with Crippen LogP contribution in [-0.4, -0.2) is 38.5 Å². The third kappa shape index (κ3) is 3.92. The number of amides is 4. The van der Waals surface area contributed by atoms with Crippen LogP contribution >= 0.6 is 50.7 Å². The number of benzene rings is 3. The molecule has 0 spiro atoms. The molecule has 6 atom stereocenters. The fourth-order valence-electron chi connectivity index (χ4n) is 7.34. The van der Waals surface area contributed by atoms with Gasteiger partial charge in [0.2, 0.25) is 11.8 Å². The van der Waals surface area contributed by atoms with Crippen LogP contribution < -0.4 is 9.80 Å². The van der Waals surface area contributed by atoms with Crippen molar-refractivity contribution >= 4 is 85.7 Å². The molecule has 2 aliphatic heterocycles. The number of phenols is 1. The number of nitrogens with zero attached hydrogens (tertiary/aromatic N) is 2. The fraction of sp³-hybridized carbons (Fsp3) is 0.250. The highest BCUT2D eigenvalue weighted by Gasteiger charge is 2.76. The average molecular weight is 719 g/mol. The van der Waals surface area contributed by atoms with Crippen LogP contribution in [0.3, 0.4) is 0 Å². The summed E-state index contributed by atoms with van der Waals surface area (Å²) in [5.41, 5.74) is 1.37. The molecule has 0 aromatic heterocycles. The molecular formula is C32H21BrCl3FN2O5. The Kier molecular flexibility index (Phi) is 6.79. The summed E-state index contributed by atoms with van der Waals surface area (Å²) in [6.07, 6.45) is 1.77. The first-order chi connectivity index (χ1) is 20.9. The summed E-state index contributed by atoms with van der Waals surface area (Å²) in [6.45, 7) is 0. The smallest absolute Gasteiger partial charge is 0.258 e. The van der Waals surface area contributed by atoms with Crippen LogP contribution in [-0.2, 0) is 19.2 Å². The van der Waals surface area contributed by atoms with Crippen molar-refractivity contribution in [3.8, 4) is 5.75 Å². The molecule has 7 nitrogen and oxygen atoms in total. The summed E-state index contributed by atoms with van der Waals surface area (Å²) in [7, 11) is 0. The topological polar surface area (TPSA) is 95.0 Å². The first-order valence-electron chi connectivity index (χ1n) is 13.7. The molecule has 3 aromatic carbocycles. The number of carbonyl (C=O) groups excluding carboxylic acids is 4. The van der Waals surface area contributed by atoms with Crippen LogP contribution in [0.1, 0.15) is 24.3 Å². The van der Waals surface area contributed by atoms with Gasteiger partial charge < -0.3 is 5.11 Å². The number of hydrogen-bond donors (Lipinski definition) is 1. The number of carbonyl (C=O) groups is 4. The molecule has 224 valence electrons. The van der Waals surface area contributed by atoms with Gasteiger partial charge >= 0.3 is 0 Å². The number of hydrogen-bond acceptors (Lipinski definition) is 5. The first-order valence-corrected chi connectivity index (χ1v) is 15.7. The van der Waals surface area contributed by atoms with E-state index in [0.717, 1.165) is 26.4 Å². The summed E-state index contributed by atoms with van der Waals surface area (Å²) in [4.78, 5) is 54.2. The standard InChI is InChI=1S/C32H21BrCl3FN2O5/c33-15-1-5-17(6-2-15)38-27(41)22-12-11-20-23(25(22)28(38)42)14-31(35)29(43)39(18-7-3-16(37)4-8-18)30(44)32(31,36)26(20)21-10-9-19(40)13-24(21)34/h1-11,13,22-23,25-26,40H,12,14H2/t22-,23+,25-,26+,31+,32-/m0/s1. The number of imide groups is 2. The summed E-state index contributed by atoms with van der Waals surface area (Å²) in [6, 6.07) is 15.8. The van der Waals surface area contributed by atoms with Crippen LogP contribution in [0.4, 0.5) is 15.8 Å². The number of rotatable bonds is 3. The van der Waals surface area contributed by atoms with Crippen molar-refractivity contribution in [3.05, 3.63) is 99.3 Å². The summed E-state index contributed by atoms with van der Waals surface area (Å²) in [5, 5.41) is 10.2. The molecule has 2 saturated heterocycles. The Morgan fingerprint density at radius 3 is 2.14 bits per heavy atom. The minimum atomic E-state index is -2.12. The predicted octanol–water partition coefficient (Wildman–Crippen LogP) is 6.72. The van der Waals surface area contributed by atoms with E-state index in [1.165, 1.54) is 30.3 Å². The second kappa shape index (κ2) is 10.1. The van der Waals surface area contributed by atoms with Crippen LogP contribution in [0, 0.1) is 23.6 Å². The quantitative estimate of drug-likeness (QED) is 0.185. The lowest BCUT2D eigenvalue weighted by Crippen LogP contribution is -2.60. The molecule has 12 heteroatoms. The second-order valence-electron chi connectivity index (χ2n) is 11.4. The lowest BCUT2D eigenvalue weighted by atomic mass is 9.56. The van der Waals surface area contributed by atoms with Crippen molar-refractivity contribution in [2.75, 3.05) is 9.80 Å². The Morgan fingerprint density at radius 2 is 1.48 bits per heavy atom. The number of anilines is 2. The Bertz CT molecular complexity index is 1820. The van der Waals surface area contributed by atoms with E-state index < -0.39 is 57.0 Å². The molecule has 0 bridgehead atoms. The lowest BCUT2D eigenvalue weighted by molar-refractivity contribution is -0.125. The van der Waals surface area contributed by atoms with Crippen molar-refractivity contribution in [2.45, 2.75) is 28.5 Å². The van der Waals surface area contributed by atoms with E-state index in [1.54, 1.807) is 30.3 Å². The van der Waals surface area contributed by atoms with E-state index in [2.05, 4.69) is 15.9 Å². The summed E-state index contributed by atoms with van der Waals surface area (Å²) in [5.74, 6) is -6.64. The molecule has 2 aliphatic carbocycles. The highest BCUT2D eigenvalue weighted by Crippen LogP contribution is 2.66. The molecule has 1 N–H and O–H groups in total. The van der Waals surface area contributed by atoms with Crippen molar-refractivity contribution in [1.82, 2.24) is 0 Å². The maximum atomic E-state index is 14.3. The molecule has 0 unspecified atom stereocenters. The SMILES string of the molecule is O=C1[C@H]2[C@H](CC=C3[C@H]2C[C@@]2(Cl)C(=O)N(c4ccc(F)cc4)C(=O)[C@@]2(Cl)[C@H]3c2ccc(O)cc2Cl)C(=O)N1c1ccc(Br)cc1. The molecular weight excluding hydrogens is 698 g/mol. The van der Waals surface area contributed by atoms with Gasteiger partial charge in [-0.05, 0) is 85.0 Å². The predicted molar refractivity (Wildman–Crippen MR) is 166 cm³/mol. The Morgan fingerprint density at radius 1 is 0.841 bits per heavy atom. The summed E-state index contributed by atoms with van der Waals surface area (Å²) < 4.78 is 14.6. The average Bonchev–Trinajstić information content (AvgIpc) is 3.33. The zero-order valence-electron chi connectivity index (χ0n) is 22.5. The minimum Gasteiger partial charge on any atom is -0.508 e. The zero-order valence-corrected chi connectivity index (χ0v) is 26.4. The summed E-state index contributed by atoms with van der Waals surface area (Å²) >= 11 is 24.7. The van der Waals surface area contributed by atoms with E-state index >= 15 is 0 Å². The second-order valence-corrected chi connectivity index (χ2v) is 14.0. The van der Waals surface area contributed by atoms with Crippen molar-refractivity contribution < 1.29 is 28.7 Å². The monoisotopic (exact) mass is 716 g/mol. The van der Waals surface area contributed by atoms with Gasteiger partial charge in [-0.15, -0.1) is 23.2 Å². The van der Waals surface area contributed by atoms with Crippen LogP contribution in [0.5, 0.6) is 5.75 Å². The number of alkyl halides is 2. The third-order valence-electron chi connectivity index (χ3n) is 9.28. The highest BCUT2D eigenvalue weighted by molar-refractivity contribution is 9.10.